The summed E-state index contributed by atoms with van der Waals surface area (Å²) in [6.45, 7) is 37.3. The summed E-state index contributed by atoms with van der Waals surface area (Å²) in [5.41, 5.74) is -14.3. The number of esters is 8. The lowest BCUT2D eigenvalue weighted by atomic mass is 9.37. The third kappa shape index (κ3) is 22.0. The average molecular weight is 1560 g/mol. The van der Waals surface area contributed by atoms with E-state index in [1.807, 2.05) is 96.9 Å². The summed E-state index contributed by atoms with van der Waals surface area (Å²) in [6, 6.07) is 0. The quantitative estimate of drug-likeness (QED) is 0.0360. The maximum Gasteiger partial charge on any atom is 0.449 e. The van der Waals surface area contributed by atoms with E-state index in [9.17, 15) is 99.0 Å². The molecule has 0 aromatic heterocycles. The molecule has 5 saturated carbocycles. The second-order valence-corrected chi connectivity index (χ2v) is 35.3. The summed E-state index contributed by atoms with van der Waals surface area (Å²) in [6.07, 6.45) is -0.918. The van der Waals surface area contributed by atoms with Gasteiger partial charge >= 0.3 is 71.8 Å². The smallest absolute Gasteiger partial charge is 0.449 e. The number of carbonyl (C=O) groups excluding carboxylic acids is 8. The predicted molar refractivity (Wildman–Crippen MR) is 371 cm³/mol. The molecule has 4 bridgehead atoms. The van der Waals surface area contributed by atoms with E-state index in [1.165, 1.54) is 13.8 Å². The van der Waals surface area contributed by atoms with E-state index >= 15 is 0 Å². The van der Waals surface area contributed by atoms with Crippen molar-refractivity contribution in [2.24, 2.45) is 43.8 Å². The van der Waals surface area contributed by atoms with Crippen LogP contribution in [0.15, 0.2) is 0 Å². The second kappa shape index (κ2) is 34.1. The molecule has 0 amide bonds. The minimum Gasteiger partial charge on any atom is -0.462 e. The third-order valence-electron chi connectivity index (χ3n) is 24.0. The van der Waals surface area contributed by atoms with Crippen LogP contribution in [-0.2, 0) is 85.7 Å². The highest BCUT2D eigenvalue weighted by Crippen LogP contribution is 2.73. The van der Waals surface area contributed by atoms with E-state index in [0.717, 1.165) is 38.5 Å². The Hall–Kier alpha value is -5.08. The van der Waals surface area contributed by atoms with Gasteiger partial charge in [-0.1, -0.05) is 41.5 Å². The van der Waals surface area contributed by atoms with Gasteiger partial charge in [-0.15, -0.1) is 0 Å². The average Bonchev–Trinajstić information content (AvgIpc) is 1.43. The molecule has 0 aromatic rings. The van der Waals surface area contributed by atoms with Crippen molar-refractivity contribution >= 4 is 47.8 Å². The van der Waals surface area contributed by atoms with Crippen LogP contribution in [0.1, 0.15) is 275 Å². The number of aliphatic hydroxyl groups is 5. The highest BCUT2D eigenvalue weighted by molar-refractivity contribution is 5.83. The SMILES string of the molecule is CCC(C)(C)C(=O)OC1(C)COC(O)(C(F)(F)F)C1(F)F.CCC(C)(C)C(=O)OC12CC3CC(C(C)(C)O)(C1)CC(C(C)(C)O)(C3)C2.CCC(C)(C)C(=O)OC1CCOC1(C)CO.CCC(C)(C)C(=O)OC1COC(=O)C1.CCC1(OC(=O)COC(=O)C(C)(O)C(F)(F)F)CCC(OC(=O)C(C)(C)CC)CC1. The van der Waals surface area contributed by atoms with Crippen LogP contribution < -0.4 is 0 Å². The summed E-state index contributed by atoms with van der Waals surface area (Å²) >= 11 is 0. The summed E-state index contributed by atoms with van der Waals surface area (Å²) in [7, 11) is 0. The summed E-state index contributed by atoms with van der Waals surface area (Å²) < 4.78 is 154. The topological polar surface area (TPSA) is 330 Å². The Morgan fingerprint density at radius 1 is 0.542 bits per heavy atom. The van der Waals surface area contributed by atoms with Gasteiger partial charge in [-0.25, -0.2) is 9.59 Å². The fourth-order valence-electron chi connectivity index (χ4n) is 13.4. The Balaban J connectivity index is 0.000000356. The van der Waals surface area contributed by atoms with Crippen LogP contribution in [0.25, 0.3) is 0 Å². The number of carbonyl (C=O) groups is 8. The van der Waals surface area contributed by atoms with Gasteiger partial charge in [-0.05, 0) is 226 Å². The van der Waals surface area contributed by atoms with Gasteiger partial charge in [0.05, 0.1) is 64.5 Å². The fraction of sp³-hybridized carbons (Fsp3) is 0.895. The minimum absolute atomic E-state index is 0.127. The van der Waals surface area contributed by atoms with Crippen molar-refractivity contribution < 1.29 is 146 Å². The number of hydrogen-bond donors (Lipinski definition) is 5. The predicted octanol–water partition coefficient (Wildman–Crippen LogP) is 13.1. The molecule has 0 radical (unpaired) electrons. The van der Waals surface area contributed by atoms with Gasteiger partial charge in [-0.2, -0.15) is 35.1 Å². The van der Waals surface area contributed by atoms with Crippen molar-refractivity contribution in [1.29, 1.82) is 0 Å². The lowest BCUT2D eigenvalue weighted by Gasteiger charge is -2.70. The number of cyclic esters (lactones) is 1. The Morgan fingerprint density at radius 2 is 0.963 bits per heavy atom. The number of halogens is 8. The lowest BCUT2D eigenvalue weighted by molar-refractivity contribution is -0.409. The molecule has 622 valence electrons. The van der Waals surface area contributed by atoms with Crippen molar-refractivity contribution in [1.82, 2.24) is 0 Å². The highest BCUT2D eigenvalue weighted by Gasteiger charge is 2.83. The number of alkyl halides is 8. The maximum atomic E-state index is 14.0. The van der Waals surface area contributed by atoms with E-state index < -0.39 is 121 Å². The second-order valence-electron chi connectivity index (χ2n) is 35.3. The van der Waals surface area contributed by atoms with Crippen LogP contribution in [0.3, 0.4) is 0 Å². The number of rotatable bonds is 23. The Bertz CT molecular complexity index is 3050. The van der Waals surface area contributed by atoms with E-state index in [4.69, 9.17) is 33.2 Å². The number of aliphatic hydroxyl groups excluding tert-OH is 1. The highest BCUT2D eigenvalue weighted by atomic mass is 19.4. The van der Waals surface area contributed by atoms with Crippen molar-refractivity contribution in [2.45, 2.75) is 356 Å². The van der Waals surface area contributed by atoms with Crippen molar-refractivity contribution in [3.8, 4) is 0 Å². The molecule has 0 aromatic carbocycles. The normalized spacial score (nSPS) is 30.5. The van der Waals surface area contributed by atoms with Crippen molar-refractivity contribution in [3.05, 3.63) is 0 Å². The molecule has 0 spiro atoms. The zero-order valence-electron chi connectivity index (χ0n) is 67.2. The Kier molecular flexibility index (Phi) is 30.6. The van der Waals surface area contributed by atoms with Crippen LogP contribution in [-0.4, -0.2) is 188 Å². The Morgan fingerprint density at radius 3 is 1.34 bits per heavy atom. The van der Waals surface area contributed by atoms with Crippen LogP contribution in [0.5, 0.6) is 0 Å². The minimum atomic E-state index is -5.74. The first-order valence-electron chi connectivity index (χ1n) is 37.1. The number of hydrogen-bond acceptors (Lipinski definition) is 23. The first-order chi connectivity index (χ1) is 48.1. The monoisotopic (exact) mass is 1560 g/mol. The molecule has 5 aliphatic carbocycles. The van der Waals surface area contributed by atoms with Gasteiger partial charge in [0.1, 0.15) is 41.7 Å². The number of ether oxygens (including phenoxy) is 10. The summed E-state index contributed by atoms with van der Waals surface area (Å²) in [4.78, 5) is 94.7. The van der Waals surface area contributed by atoms with Crippen LogP contribution in [0, 0.1) is 43.8 Å². The largest absolute Gasteiger partial charge is 0.462 e. The first-order valence-corrected chi connectivity index (χ1v) is 37.1. The third-order valence-corrected chi connectivity index (χ3v) is 24.0. The van der Waals surface area contributed by atoms with Crippen LogP contribution in [0.2, 0.25) is 0 Å². The molecule has 31 heteroatoms. The van der Waals surface area contributed by atoms with E-state index in [0.29, 0.717) is 83.7 Å². The summed E-state index contributed by atoms with van der Waals surface area (Å²) in [5, 5.41) is 49.9. The molecule has 8 unspecified atom stereocenters. The zero-order valence-corrected chi connectivity index (χ0v) is 67.2. The molecule has 8 atom stereocenters. The van der Waals surface area contributed by atoms with E-state index in [2.05, 4.69) is 14.2 Å². The Labute approximate surface area is 625 Å². The molecule has 8 aliphatic rings. The molecule has 8 rings (SSSR count). The first kappa shape index (κ1) is 96.1. The van der Waals surface area contributed by atoms with Crippen molar-refractivity contribution in [2.75, 3.05) is 33.0 Å². The molecule has 107 heavy (non-hydrogen) atoms. The van der Waals surface area contributed by atoms with Crippen LogP contribution >= 0.6 is 0 Å². The molecular formula is C76H124F8O23. The van der Waals surface area contributed by atoms with Gasteiger partial charge in [0, 0.05) is 17.3 Å². The standard InChI is InChI=1S/C22H38O4.C20H31F3O7.C12H17F5O4.C12H22O4.C10H16O4/c1-8-17(2,3)16(23)26-22-11-15-9-20(13-22,18(4,5)24)12-21(10-15,14-22)19(6,7)25;1-6-17(3,4)15(25)29-13-8-10-19(7-2,11-9-13)30-14(24)12-28-16(26)18(5,27)20(21,22)23;1-5-8(2,3)7(18)21-9(4)6-20-11(19,10(9,13)14)12(15,16)17;1-5-11(2,3)10(14)16-9-6-7-15-12(9,4)8-13;1-4-10(2,3)9(12)14-7-5-8(11)13-6-7/h15,24-25H,8-14H2,1-7H3;13,27H,6-12H2,1-5H3;19H,5-6H2,1-4H3;9,13H,5-8H2,1-4H3;7H,4-6H2,1-3H3. The molecule has 23 nitrogen and oxygen atoms in total. The molecule has 3 aliphatic heterocycles. The molecule has 5 N–H and O–H groups in total. The van der Waals surface area contributed by atoms with Gasteiger partial charge in [0.15, 0.2) is 6.61 Å². The molecular weight excluding hydrogens is 1430 g/mol. The van der Waals surface area contributed by atoms with Gasteiger partial charge in [-0.3, -0.25) is 28.8 Å². The lowest BCUT2D eigenvalue weighted by Crippen LogP contribution is -2.70. The zero-order chi connectivity index (χ0) is 83.3. The maximum absolute atomic E-state index is 14.0. The van der Waals surface area contributed by atoms with E-state index in [1.54, 1.807) is 34.6 Å². The molecule has 8 fully saturated rings. The van der Waals surface area contributed by atoms with Gasteiger partial charge < -0.3 is 72.9 Å². The van der Waals surface area contributed by atoms with Crippen molar-refractivity contribution in [3.63, 3.8) is 0 Å². The van der Waals surface area contributed by atoms with E-state index in [-0.39, 0.29) is 92.0 Å². The molecule has 3 saturated heterocycles. The van der Waals surface area contributed by atoms with Gasteiger partial charge in [0.2, 0.25) is 5.60 Å². The van der Waals surface area contributed by atoms with Gasteiger partial charge in [0.25, 0.3) is 5.60 Å². The summed E-state index contributed by atoms with van der Waals surface area (Å²) in [5.74, 6) is -14.4. The van der Waals surface area contributed by atoms with Crippen LogP contribution in [0.4, 0.5) is 35.1 Å². The molecule has 3 heterocycles. The fourth-order valence-corrected chi connectivity index (χ4v) is 13.4.